The van der Waals surface area contributed by atoms with Gasteiger partial charge in [0.25, 0.3) is 0 Å². The van der Waals surface area contributed by atoms with Crippen LogP contribution in [0.1, 0.15) is 5.56 Å². The molecule has 4 rings (SSSR count). The molecule has 0 amide bonds. The zero-order chi connectivity index (χ0) is 12.8. The average molecular weight is 251 g/mol. The molecule has 2 heterocycles. The molecule has 0 saturated heterocycles. The predicted octanol–water partition coefficient (Wildman–Crippen LogP) is 3.93. The lowest BCUT2D eigenvalue weighted by molar-refractivity contribution is 0.301. The molecule has 0 unspecified atom stereocenters. The van der Waals surface area contributed by atoms with E-state index in [0.29, 0.717) is 12.4 Å². The van der Waals surface area contributed by atoms with Gasteiger partial charge in [-0.1, -0.05) is 18.2 Å². The number of halogens is 1. The molecule has 0 N–H and O–H groups in total. The van der Waals surface area contributed by atoms with E-state index in [0.717, 1.165) is 27.7 Å². The van der Waals surface area contributed by atoms with Crippen LogP contribution in [0.4, 0.5) is 4.39 Å². The predicted molar refractivity (Wildman–Crippen MR) is 71.5 cm³/mol. The van der Waals surface area contributed by atoms with Gasteiger partial charge in [0.05, 0.1) is 11.2 Å². The van der Waals surface area contributed by atoms with E-state index in [1.54, 1.807) is 6.07 Å². The van der Waals surface area contributed by atoms with Crippen LogP contribution < -0.4 is 4.74 Å². The van der Waals surface area contributed by atoms with Gasteiger partial charge >= 0.3 is 0 Å². The summed E-state index contributed by atoms with van der Waals surface area (Å²) in [5.41, 5.74) is 3.46. The molecule has 0 spiro atoms. The molecule has 2 nitrogen and oxygen atoms in total. The minimum Gasteiger partial charge on any atom is -0.488 e. The van der Waals surface area contributed by atoms with Crippen LogP contribution in [0.5, 0.6) is 5.75 Å². The van der Waals surface area contributed by atoms with E-state index in [-0.39, 0.29) is 5.82 Å². The number of fused-ring (bicyclic) bond motifs is 4. The van der Waals surface area contributed by atoms with Gasteiger partial charge in [-0.3, -0.25) is 0 Å². The highest BCUT2D eigenvalue weighted by molar-refractivity contribution is 5.85. The number of rotatable bonds is 0. The second-order valence-electron chi connectivity index (χ2n) is 4.62. The lowest BCUT2D eigenvalue weighted by Gasteiger charge is -2.20. The fraction of sp³-hybridized carbons (Fsp3) is 0.0625. The smallest absolute Gasteiger partial charge is 0.129 e. The van der Waals surface area contributed by atoms with Crippen molar-refractivity contribution in [2.45, 2.75) is 6.61 Å². The Balaban J connectivity index is 2.05. The fourth-order valence-corrected chi connectivity index (χ4v) is 2.47. The first kappa shape index (κ1) is 10.5. The standard InChI is InChI=1S/C16H10FNO/c17-12-5-6-15-13(8-12)16-11(9-19-15)7-10-3-1-2-4-14(10)18-16/h1-8H,9H2. The van der Waals surface area contributed by atoms with Gasteiger partial charge in [-0.25, -0.2) is 9.37 Å². The number of hydrogen-bond donors (Lipinski definition) is 0. The highest BCUT2D eigenvalue weighted by Gasteiger charge is 2.19. The van der Waals surface area contributed by atoms with Crippen molar-refractivity contribution in [3.8, 4) is 17.0 Å². The molecular formula is C16H10FNO. The second-order valence-corrected chi connectivity index (χ2v) is 4.62. The van der Waals surface area contributed by atoms with E-state index >= 15 is 0 Å². The lowest BCUT2D eigenvalue weighted by Crippen LogP contribution is -2.07. The lowest BCUT2D eigenvalue weighted by atomic mass is 10.0. The molecule has 3 heteroatoms. The highest BCUT2D eigenvalue weighted by Crippen LogP contribution is 2.37. The van der Waals surface area contributed by atoms with Crippen molar-refractivity contribution in [1.29, 1.82) is 0 Å². The Labute approximate surface area is 109 Å². The van der Waals surface area contributed by atoms with Crippen molar-refractivity contribution in [3.05, 3.63) is 59.9 Å². The molecule has 19 heavy (non-hydrogen) atoms. The fourth-order valence-electron chi connectivity index (χ4n) is 2.47. The van der Waals surface area contributed by atoms with Crippen LogP contribution in [0.25, 0.3) is 22.2 Å². The quantitative estimate of drug-likeness (QED) is 0.604. The third-order valence-electron chi connectivity index (χ3n) is 3.38. The van der Waals surface area contributed by atoms with Crippen LogP contribution >= 0.6 is 0 Å². The van der Waals surface area contributed by atoms with E-state index < -0.39 is 0 Å². The first-order chi connectivity index (χ1) is 9.31. The number of hydrogen-bond acceptors (Lipinski definition) is 2. The average Bonchev–Trinajstić information content (AvgIpc) is 2.45. The second kappa shape index (κ2) is 3.79. The van der Waals surface area contributed by atoms with Crippen LogP contribution in [0.2, 0.25) is 0 Å². The molecule has 0 saturated carbocycles. The summed E-state index contributed by atoms with van der Waals surface area (Å²) in [7, 11) is 0. The van der Waals surface area contributed by atoms with E-state index in [2.05, 4.69) is 11.1 Å². The van der Waals surface area contributed by atoms with Gasteiger partial charge in [0.2, 0.25) is 0 Å². The SMILES string of the molecule is Fc1ccc2c(c1)-c1nc3ccccc3cc1CO2. The molecule has 1 aromatic heterocycles. The van der Waals surface area contributed by atoms with Crippen LogP contribution in [-0.2, 0) is 6.61 Å². The number of pyridine rings is 1. The normalized spacial score (nSPS) is 12.7. The van der Waals surface area contributed by atoms with Crippen LogP contribution in [0.15, 0.2) is 48.5 Å². The van der Waals surface area contributed by atoms with Crippen LogP contribution in [0.3, 0.4) is 0 Å². The van der Waals surface area contributed by atoms with Crippen molar-refractivity contribution < 1.29 is 9.13 Å². The highest BCUT2D eigenvalue weighted by atomic mass is 19.1. The number of ether oxygens (including phenoxy) is 1. The van der Waals surface area contributed by atoms with Crippen LogP contribution in [0, 0.1) is 5.82 Å². The molecule has 1 aliphatic heterocycles. The molecule has 0 bridgehead atoms. The maximum Gasteiger partial charge on any atom is 0.129 e. The van der Waals surface area contributed by atoms with Gasteiger partial charge in [-0.15, -0.1) is 0 Å². The molecule has 0 fully saturated rings. The van der Waals surface area contributed by atoms with Crippen molar-refractivity contribution in [1.82, 2.24) is 4.98 Å². The Kier molecular flexibility index (Phi) is 2.09. The van der Waals surface area contributed by atoms with Gasteiger partial charge in [-0.2, -0.15) is 0 Å². The van der Waals surface area contributed by atoms with E-state index in [9.17, 15) is 4.39 Å². The van der Waals surface area contributed by atoms with Crippen molar-refractivity contribution in [3.63, 3.8) is 0 Å². The Morgan fingerprint density at radius 1 is 1.05 bits per heavy atom. The van der Waals surface area contributed by atoms with Crippen molar-refractivity contribution in [2.75, 3.05) is 0 Å². The third kappa shape index (κ3) is 1.58. The number of aromatic nitrogens is 1. The Morgan fingerprint density at radius 3 is 2.89 bits per heavy atom. The summed E-state index contributed by atoms with van der Waals surface area (Å²) in [5, 5.41) is 1.07. The number of para-hydroxylation sites is 1. The topological polar surface area (TPSA) is 22.1 Å². The van der Waals surface area contributed by atoms with E-state index in [1.165, 1.54) is 12.1 Å². The summed E-state index contributed by atoms with van der Waals surface area (Å²) >= 11 is 0. The number of nitrogens with zero attached hydrogens (tertiary/aromatic N) is 1. The molecule has 2 aromatic carbocycles. The maximum absolute atomic E-state index is 13.4. The minimum absolute atomic E-state index is 0.273. The molecular weight excluding hydrogens is 241 g/mol. The van der Waals surface area contributed by atoms with E-state index in [1.807, 2.05) is 24.3 Å². The van der Waals surface area contributed by atoms with Crippen LogP contribution in [-0.4, -0.2) is 4.98 Å². The van der Waals surface area contributed by atoms with Gasteiger partial charge in [0.15, 0.2) is 0 Å². The van der Waals surface area contributed by atoms with Gasteiger partial charge in [-0.05, 0) is 30.3 Å². The molecule has 0 atom stereocenters. The maximum atomic E-state index is 13.4. The summed E-state index contributed by atoms with van der Waals surface area (Å²) in [4.78, 5) is 4.65. The molecule has 0 radical (unpaired) electrons. The number of benzene rings is 2. The van der Waals surface area contributed by atoms with Crippen molar-refractivity contribution >= 4 is 10.9 Å². The zero-order valence-electron chi connectivity index (χ0n) is 10.1. The first-order valence-electron chi connectivity index (χ1n) is 6.13. The van der Waals surface area contributed by atoms with Gasteiger partial charge in [0, 0.05) is 16.5 Å². The summed E-state index contributed by atoms with van der Waals surface area (Å²) in [5.74, 6) is 0.418. The first-order valence-corrected chi connectivity index (χ1v) is 6.13. The molecule has 0 aliphatic carbocycles. The summed E-state index contributed by atoms with van der Waals surface area (Å²) in [6.07, 6.45) is 0. The third-order valence-corrected chi connectivity index (χ3v) is 3.38. The van der Waals surface area contributed by atoms with Gasteiger partial charge in [0.1, 0.15) is 18.2 Å². The monoisotopic (exact) mass is 251 g/mol. The van der Waals surface area contributed by atoms with E-state index in [4.69, 9.17) is 4.74 Å². The summed E-state index contributed by atoms with van der Waals surface area (Å²) in [6.45, 7) is 0.478. The largest absolute Gasteiger partial charge is 0.488 e. The van der Waals surface area contributed by atoms with Gasteiger partial charge < -0.3 is 4.74 Å². The molecule has 1 aliphatic rings. The minimum atomic E-state index is -0.273. The Bertz CT molecular complexity index is 798. The molecule has 3 aromatic rings. The summed E-state index contributed by atoms with van der Waals surface area (Å²) in [6, 6.07) is 14.5. The Hall–Kier alpha value is -2.42. The summed E-state index contributed by atoms with van der Waals surface area (Å²) < 4.78 is 19.1. The van der Waals surface area contributed by atoms with Crippen molar-refractivity contribution in [2.24, 2.45) is 0 Å². The Morgan fingerprint density at radius 2 is 1.95 bits per heavy atom. The zero-order valence-corrected chi connectivity index (χ0v) is 10.1. The molecule has 92 valence electrons.